The van der Waals surface area contributed by atoms with Crippen molar-refractivity contribution in [3.05, 3.63) is 23.9 Å². The first-order valence-corrected chi connectivity index (χ1v) is 6.45. The van der Waals surface area contributed by atoms with Crippen LogP contribution in [0.3, 0.4) is 0 Å². The van der Waals surface area contributed by atoms with Crippen molar-refractivity contribution < 1.29 is 0 Å². The molecular formula is C14H17N3. The summed E-state index contributed by atoms with van der Waals surface area (Å²) in [6, 6.07) is 5.71. The van der Waals surface area contributed by atoms with Gasteiger partial charge in [0.2, 0.25) is 0 Å². The quantitative estimate of drug-likeness (QED) is 0.863. The Morgan fingerprint density at radius 1 is 1.41 bits per heavy atom. The van der Waals surface area contributed by atoms with Gasteiger partial charge in [-0.25, -0.2) is 4.98 Å². The Balaban J connectivity index is 1.59. The van der Waals surface area contributed by atoms with E-state index in [1.165, 1.54) is 25.7 Å². The fourth-order valence-corrected chi connectivity index (χ4v) is 3.46. The van der Waals surface area contributed by atoms with Gasteiger partial charge in [0, 0.05) is 12.7 Å². The van der Waals surface area contributed by atoms with Gasteiger partial charge >= 0.3 is 0 Å². The zero-order valence-electron chi connectivity index (χ0n) is 9.89. The minimum atomic E-state index is 0.676. The lowest BCUT2D eigenvalue weighted by Crippen LogP contribution is -2.20. The lowest BCUT2D eigenvalue weighted by Gasteiger charge is -2.22. The third-order valence-electron chi connectivity index (χ3n) is 4.32. The van der Waals surface area contributed by atoms with Gasteiger partial charge in [-0.3, -0.25) is 0 Å². The molecule has 2 bridgehead atoms. The van der Waals surface area contributed by atoms with Crippen molar-refractivity contribution in [1.82, 2.24) is 4.98 Å². The number of rotatable bonds is 3. The molecule has 3 unspecified atom stereocenters. The first kappa shape index (κ1) is 10.6. The molecule has 3 rings (SSSR count). The van der Waals surface area contributed by atoms with E-state index in [0.717, 1.165) is 30.1 Å². The fourth-order valence-electron chi connectivity index (χ4n) is 3.46. The molecule has 1 aromatic rings. The molecule has 2 aliphatic carbocycles. The van der Waals surface area contributed by atoms with Crippen LogP contribution in [-0.2, 0) is 0 Å². The molecule has 1 heterocycles. The SMILES string of the molecule is N#Cc1ccnc(NCC2CC3CCC2C3)c1. The first-order valence-electron chi connectivity index (χ1n) is 6.45. The van der Waals surface area contributed by atoms with Gasteiger partial charge in [0.1, 0.15) is 5.82 Å². The Labute approximate surface area is 102 Å². The van der Waals surface area contributed by atoms with Crippen LogP contribution in [0.5, 0.6) is 0 Å². The van der Waals surface area contributed by atoms with E-state index >= 15 is 0 Å². The Morgan fingerprint density at radius 3 is 3.06 bits per heavy atom. The van der Waals surface area contributed by atoms with Crippen LogP contribution in [0.15, 0.2) is 18.3 Å². The van der Waals surface area contributed by atoms with E-state index < -0.39 is 0 Å². The van der Waals surface area contributed by atoms with Crippen molar-refractivity contribution in [3.63, 3.8) is 0 Å². The fraction of sp³-hybridized carbons (Fsp3) is 0.571. The molecule has 1 N–H and O–H groups in total. The number of nitrogens with zero attached hydrogens (tertiary/aromatic N) is 2. The molecule has 2 saturated carbocycles. The molecule has 0 spiro atoms. The number of anilines is 1. The molecule has 0 aromatic carbocycles. The maximum absolute atomic E-state index is 8.82. The predicted molar refractivity (Wildman–Crippen MR) is 66.4 cm³/mol. The second kappa shape index (κ2) is 4.37. The molecule has 3 heteroatoms. The average Bonchev–Trinajstić information content (AvgIpc) is 2.99. The molecule has 2 aliphatic rings. The maximum atomic E-state index is 8.82. The van der Waals surface area contributed by atoms with Crippen molar-refractivity contribution in [2.24, 2.45) is 17.8 Å². The van der Waals surface area contributed by atoms with E-state index in [1.807, 2.05) is 6.07 Å². The number of hydrogen-bond acceptors (Lipinski definition) is 3. The van der Waals surface area contributed by atoms with E-state index in [9.17, 15) is 0 Å². The smallest absolute Gasteiger partial charge is 0.127 e. The van der Waals surface area contributed by atoms with Crippen LogP contribution in [0.1, 0.15) is 31.2 Å². The highest BCUT2D eigenvalue weighted by Gasteiger charge is 2.38. The zero-order valence-corrected chi connectivity index (χ0v) is 9.89. The van der Waals surface area contributed by atoms with Crippen LogP contribution in [0.2, 0.25) is 0 Å². The summed E-state index contributed by atoms with van der Waals surface area (Å²) in [5, 5.41) is 12.2. The second-order valence-corrected chi connectivity index (χ2v) is 5.36. The highest BCUT2D eigenvalue weighted by atomic mass is 15.0. The Kier molecular flexibility index (Phi) is 2.72. The third-order valence-corrected chi connectivity index (χ3v) is 4.32. The number of hydrogen-bond donors (Lipinski definition) is 1. The zero-order chi connectivity index (χ0) is 11.7. The van der Waals surface area contributed by atoms with Crippen molar-refractivity contribution >= 4 is 5.82 Å². The summed E-state index contributed by atoms with van der Waals surface area (Å²) >= 11 is 0. The average molecular weight is 227 g/mol. The minimum absolute atomic E-state index is 0.676. The summed E-state index contributed by atoms with van der Waals surface area (Å²) in [7, 11) is 0. The third kappa shape index (κ3) is 2.12. The van der Waals surface area contributed by atoms with Gasteiger partial charge in [-0.1, -0.05) is 6.42 Å². The number of nitrogens with one attached hydrogen (secondary N) is 1. The minimum Gasteiger partial charge on any atom is -0.370 e. The largest absolute Gasteiger partial charge is 0.370 e. The maximum Gasteiger partial charge on any atom is 0.127 e. The number of nitriles is 1. The Morgan fingerprint density at radius 2 is 2.35 bits per heavy atom. The number of pyridine rings is 1. The summed E-state index contributed by atoms with van der Waals surface area (Å²) in [5.74, 6) is 3.59. The molecule has 0 radical (unpaired) electrons. The Hall–Kier alpha value is -1.56. The lowest BCUT2D eigenvalue weighted by atomic mass is 9.89. The van der Waals surface area contributed by atoms with Crippen LogP contribution >= 0.6 is 0 Å². The molecule has 0 amide bonds. The molecule has 3 nitrogen and oxygen atoms in total. The lowest BCUT2D eigenvalue weighted by molar-refractivity contribution is 0.348. The molecule has 2 fully saturated rings. The van der Waals surface area contributed by atoms with E-state index in [-0.39, 0.29) is 0 Å². The van der Waals surface area contributed by atoms with E-state index in [0.29, 0.717) is 5.56 Å². The van der Waals surface area contributed by atoms with Gasteiger partial charge in [0.15, 0.2) is 0 Å². The Bertz CT molecular complexity index is 449. The van der Waals surface area contributed by atoms with Crippen molar-refractivity contribution in [3.8, 4) is 6.07 Å². The monoisotopic (exact) mass is 227 g/mol. The molecular weight excluding hydrogens is 210 g/mol. The molecule has 3 atom stereocenters. The molecule has 0 aliphatic heterocycles. The topological polar surface area (TPSA) is 48.7 Å². The van der Waals surface area contributed by atoms with Gasteiger partial charge < -0.3 is 5.32 Å². The van der Waals surface area contributed by atoms with E-state index in [4.69, 9.17) is 5.26 Å². The van der Waals surface area contributed by atoms with Crippen molar-refractivity contribution in [2.45, 2.75) is 25.7 Å². The van der Waals surface area contributed by atoms with Gasteiger partial charge in [0.25, 0.3) is 0 Å². The van der Waals surface area contributed by atoms with Crippen LogP contribution < -0.4 is 5.32 Å². The molecule has 88 valence electrons. The predicted octanol–water partition coefficient (Wildman–Crippen LogP) is 2.80. The van der Waals surface area contributed by atoms with Gasteiger partial charge in [0.05, 0.1) is 11.6 Å². The standard InChI is InChI=1S/C14H17N3/c15-8-11-3-4-16-14(7-11)17-9-13-6-10-1-2-12(13)5-10/h3-4,7,10,12-13H,1-2,5-6,9H2,(H,16,17). The van der Waals surface area contributed by atoms with E-state index in [2.05, 4.69) is 16.4 Å². The molecule has 0 saturated heterocycles. The summed E-state index contributed by atoms with van der Waals surface area (Å²) in [5.41, 5.74) is 0.676. The second-order valence-electron chi connectivity index (χ2n) is 5.36. The van der Waals surface area contributed by atoms with Crippen LogP contribution in [0.25, 0.3) is 0 Å². The summed E-state index contributed by atoms with van der Waals surface area (Å²) in [4.78, 5) is 4.25. The summed E-state index contributed by atoms with van der Waals surface area (Å²) in [6.45, 7) is 1.02. The van der Waals surface area contributed by atoms with Crippen molar-refractivity contribution in [1.29, 1.82) is 5.26 Å². The number of fused-ring (bicyclic) bond motifs is 2. The highest BCUT2D eigenvalue weighted by Crippen LogP contribution is 2.48. The highest BCUT2D eigenvalue weighted by molar-refractivity contribution is 5.42. The van der Waals surface area contributed by atoms with Gasteiger partial charge in [-0.15, -0.1) is 0 Å². The van der Waals surface area contributed by atoms with E-state index in [1.54, 1.807) is 12.3 Å². The number of aromatic nitrogens is 1. The normalized spacial score (nSPS) is 30.2. The van der Waals surface area contributed by atoms with Crippen LogP contribution in [-0.4, -0.2) is 11.5 Å². The summed E-state index contributed by atoms with van der Waals surface area (Å²) in [6.07, 6.45) is 7.39. The van der Waals surface area contributed by atoms with Crippen molar-refractivity contribution in [2.75, 3.05) is 11.9 Å². The molecule has 1 aromatic heterocycles. The van der Waals surface area contributed by atoms with Crippen LogP contribution in [0.4, 0.5) is 5.82 Å². The van der Waals surface area contributed by atoms with Crippen LogP contribution in [0, 0.1) is 29.1 Å². The molecule has 17 heavy (non-hydrogen) atoms. The van der Waals surface area contributed by atoms with Gasteiger partial charge in [-0.2, -0.15) is 5.26 Å². The first-order chi connectivity index (χ1) is 8.35. The summed E-state index contributed by atoms with van der Waals surface area (Å²) < 4.78 is 0. The van der Waals surface area contributed by atoms with Gasteiger partial charge in [-0.05, 0) is 49.1 Å².